The highest BCUT2D eigenvalue weighted by Gasteiger charge is 2.27. The predicted molar refractivity (Wildman–Crippen MR) is 110 cm³/mol. The first-order chi connectivity index (χ1) is 12.0. The SMILES string of the molecule is C#CC(C)(OC(C=C(C)C)CCCCCCCCC)c1ccccc1. The van der Waals surface area contributed by atoms with Crippen LogP contribution in [0.3, 0.4) is 0 Å². The second-order valence-electron chi connectivity index (χ2n) is 7.35. The molecule has 2 unspecified atom stereocenters. The van der Waals surface area contributed by atoms with E-state index in [1.54, 1.807) is 0 Å². The minimum atomic E-state index is -0.682. The van der Waals surface area contributed by atoms with Crippen molar-refractivity contribution in [2.75, 3.05) is 0 Å². The maximum atomic E-state index is 6.42. The fraction of sp³-hybridized carbons (Fsp3) is 0.583. The minimum Gasteiger partial charge on any atom is -0.351 e. The number of hydrogen-bond donors (Lipinski definition) is 0. The van der Waals surface area contributed by atoms with Crippen LogP contribution < -0.4 is 0 Å². The Bertz CT molecular complexity index is 533. The second-order valence-corrected chi connectivity index (χ2v) is 7.35. The van der Waals surface area contributed by atoms with Gasteiger partial charge in [-0.15, -0.1) is 6.42 Å². The molecule has 1 heteroatoms. The van der Waals surface area contributed by atoms with Crippen molar-refractivity contribution >= 4 is 0 Å². The molecule has 0 heterocycles. The zero-order valence-electron chi connectivity index (χ0n) is 16.7. The standard InChI is InChI=1S/C24H36O/c1-6-8-9-10-11-12-16-19-23(20-21(3)4)25-24(5,7-2)22-17-14-13-15-18-22/h2,13-15,17-18,20,23H,6,8-12,16,19H2,1,3-5H3. The number of benzene rings is 1. The molecule has 0 saturated carbocycles. The number of ether oxygens (including phenoxy) is 1. The molecular weight excluding hydrogens is 304 g/mol. The molecule has 138 valence electrons. The van der Waals surface area contributed by atoms with Crippen LogP contribution in [0.25, 0.3) is 0 Å². The van der Waals surface area contributed by atoms with Gasteiger partial charge in [0, 0.05) is 0 Å². The van der Waals surface area contributed by atoms with Crippen LogP contribution in [-0.2, 0) is 10.3 Å². The van der Waals surface area contributed by atoms with Crippen molar-refractivity contribution in [3.63, 3.8) is 0 Å². The number of rotatable bonds is 12. The number of hydrogen-bond acceptors (Lipinski definition) is 1. The summed E-state index contributed by atoms with van der Waals surface area (Å²) < 4.78 is 6.42. The zero-order chi connectivity index (χ0) is 18.5. The molecule has 1 aromatic carbocycles. The molecule has 1 nitrogen and oxygen atoms in total. The Morgan fingerprint density at radius 1 is 1.08 bits per heavy atom. The highest BCUT2D eigenvalue weighted by Crippen LogP contribution is 2.28. The van der Waals surface area contributed by atoms with Gasteiger partial charge in [0.25, 0.3) is 0 Å². The molecule has 0 spiro atoms. The van der Waals surface area contributed by atoms with Crippen molar-refractivity contribution in [3.05, 3.63) is 47.5 Å². The molecule has 0 aliphatic rings. The van der Waals surface area contributed by atoms with Gasteiger partial charge in [0.15, 0.2) is 5.60 Å². The van der Waals surface area contributed by atoms with E-state index in [4.69, 9.17) is 11.2 Å². The molecule has 1 aromatic rings. The fourth-order valence-corrected chi connectivity index (χ4v) is 3.10. The Hall–Kier alpha value is -1.52. The molecule has 0 aliphatic heterocycles. The van der Waals surface area contributed by atoms with Gasteiger partial charge in [0.2, 0.25) is 0 Å². The van der Waals surface area contributed by atoms with Gasteiger partial charge in [-0.3, -0.25) is 0 Å². The lowest BCUT2D eigenvalue weighted by molar-refractivity contribution is -0.0317. The summed E-state index contributed by atoms with van der Waals surface area (Å²) in [5.74, 6) is 2.87. The van der Waals surface area contributed by atoms with Crippen molar-refractivity contribution in [2.24, 2.45) is 0 Å². The van der Waals surface area contributed by atoms with Crippen molar-refractivity contribution in [1.82, 2.24) is 0 Å². The summed E-state index contributed by atoms with van der Waals surface area (Å²) in [6, 6.07) is 10.1. The lowest BCUT2D eigenvalue weighted by atomic mass is 9.95. The summed E-state index contributed by atoms with van der Waals surface area (Å²) in [6.45, 7) is 8.50. The second kappa shape index (κ2) is 11.9. The van der Waals surface area contributed by atoms with E-state index in [-0.39, 0.29) is 6.10 Å². The van der Waals surface area contributed by atoms with Gasteiger partial charge >= 0.3 is 0 Å². The summed E-state index contributed by atoms with van der Waals surface area (Å²) in [5, 5.41) is 0. The van der Waals surface area contributed by atoms with Crippen molar-refractivity contribution in [1.29, 1.82) is 0 Å². The fourth-order valence-electron chi connectivity index (χ4n) is 3.10. The highest BCUT2D eigenvalue weighted by atomic mass is 16.5. The Morgan fingerprint density at radius 3 is 2.24 bits per heavy atom. The van der Waals surface area contributed by atoms with E-state index in [1.807, 2.05) is 37.3 Å². The maximum Gasteiger partial charge on any atom is 0.151 e. The van der Waals surface area contributed by atoms with Crippen molar-refractivity contribution in [2.45, 2.75) is 90.8 Å². The molecule has 1 rings (SSSR count). The first-order valence-electron chi connectivity index (χ1n) is 9.88. The third-order valence-corrected chi connectivity index (χ3v) is 4.60. The molecule has 25 heavy (non-hydrogen) atoms. The van der Waals surface area contributed by atoms with E-state index in [0.717, 1.165) is 12.0 Å². The molecule has 0 aromatic heterocycles. The summed E-state index contributed by atoms with van der Waals surface area (Å²) in [5.41, 5.74) is 1.64. The van der Waals surface area contributed by atoms with Crippen LogP contribution in [0.2, 0.25) is 0 Å². The van der Waals surface area contributed by atoms with E-state index < -0.39 is 5.60 Å². The van der Waals surface area contributed by atoms with Gasteiger partial charge < -0.3 is 4.74 Å². The Balaban J connectivity index is 2.60. The molecule has 0 aliphatic carbocycles. The molecule has 0 saturated heterocycles. The van der Waals surface area contributed by atoms with Gasteiger partial charge in [-0.1, -0.05) is 99.8 Å². The normalized spacial score (nSPS) is 14.4. The van der Waals surface area contributed by atoms with Gasteiger partial charge in [-0.25, -0.2) is 0 Å². The predicted octanol–water partition coefficient (Wildman–Crippen LogP) is 7.03. The van der Waals surface area contributed by atoms with Crippen LogP contribution in [-0.4, -0.2) is 6.10 Å². The van der Waals surface area contributed by atoms with E-state index in [1.165, 1.54) is 50.5 Å². The van der Waals surface area contributed by atoms with Gasteiger partial charge in [0.1, 0.15) is 0 Å². The quantitative estimate of drug-likeness (QED) is 0.225. The first-order valence-corrected chi connectivity index (χ1v) is 9.88. The Kier molecular flexibility index (Phi) is 10.3. The third kappa shape index (κ3) is 8.41. The number of allylic oxidation sites excluding steroid dienone is 1. The van der Waals surface area contributed by atoms with E-state index in [9.17, 15) is 0 Å². The van der Waals surface area contributed by atoms with E-state index in [2.05, 4.69) is 32.8 Å². The summed E-state index contributed by atoms with van der Waals surface area (Å²) >= 11 is 0. The Morgan fingerprint density at radius 2 is 1.68 bits per heavy atom. The molecule has 0 bridgehead atoms. The molecule has 0 N–H and O–H groups in total. The van der Waals surface area contributed by atoms with Crippen LogP contribution in [0, 0.1) is 12.3 Å². The Labute approximate surface area is 155 Å². The molecule has 0 amide bonds. The lowest BCUT2D eigenvalue weighted by Crippen LogP contribution is -2.29. The van der Waals surface area contributed by atoms with Crippen LogP contribution in [0.1, 0.15) is 84.6 Å². The van der Waals surface area contributed by atoms with Gasteiger partial charge in [-0.05, 0) is 32.8 Å². The molecule has 0 radical (unpaired) electrons. The molecule has 0 fully saturated rings. The monoisotopic (exact) mass is 340 g/mol. The zero-order valence-corrected chi connectivity index (χ0v) is 16.7. The minimum absolute atomic E-state index is 0.0712. The summed E-state index contributed by atoms with van der Waals surface area (Å²) in [6.07, 6.45) is 18.4. The summed E-state index contributed by atoms with van der Waals surface area (Å²) in [4.78, 5) is 0. The average molecular weight is 341 g/mol. The lowest BCUT2D eigenvalue weighted by Gasteiger charge is -2.29. The van der Waals surface area contributed by atoms with Crippen LogP contribution in [0.5, 0.6) is 0 Å². The van der Waals surface area contributed by atoms with E-state index >= 15 is 0 Å². The van der Waals surface area contributed by atoms with Crippen molar-refractivity contribution in [3.8, 4) is 12.3 Å². The topological polar surface area (TPSA) is 9.23 Å². The van der Waals surface area contributed by atoms with Gasteiger partial charge in [-0.2, -0.15) is 0 Å². The maximum absolute atomic E-state index is 6.42. The van der Waals surface area contributed by atoms with Crippen LogP contribution in [0.4, 0.5) is 0 Å². The smallest absolute Gasteiger partial charge is 0.151 e. The van der Waals surface area contributed by atoms with Gasteiger partial charge in [0.05, 0.1) is 6.10 Å². The number of terminal acetylenes is 1. The largest absolute Gasteiger partial charge is 0.351 e. The average Bonchev–Trinajstić information content (AvgIpc) is 2.61. The molecular formula is C24H36O. The molecule has 2 atom stereocenters. The van der Waals surface area contributed by atoms with Crippen LogP contribution in [0.15, 0.2) is 42.0 Å². The van der Waals surface area contributed by atoms with Crippen molar-refractivity contribution < 1.29 is 4.74 Å². The highest BCUT2D eigenvalue weighted by molar-refractivity contribution is 5.30. The van der Waals surface area contributed by atoms with E-state index in [0.29, 0.717) is 0 Å². The first kappa shape index (κ1) is 21.5. The third-order valence-electron chi connectivity index (χ3n) is 4.60. The summed E-state index contributed by atoms with van der Waals surface area (Å²) in [7, 11) is 0. The van der Waals surface area contributed by atoms with Crippen LogP contribution >= 0.6 is 0 Å². The number of unbranched alkanes of at least 4 members (excludes halogenated alkanes) is 6.